The van der Waals surface area contributed by atoms with Crippen molar-refractivity contribution in [3.8, 4) is 17.7 Å². The van der Waals surface area contributed by atoms with Crippen LogP contribution in [0.25, 0.3) is 11.2 Å². The van der Waals surface area contributed by atoms with Crippen LogP contribution in [0.4, 0.5) is 11.5 Å². The van der Waals surface area contributed by atoms with Gasteiger partial charge in [0, 0.05) is 19.7 Å². The fraction of sp³-hybridized carbons (Fsp3) is 0.190. The molecule has 0 saturated heterocycles. The molecule has 0 aliphatic carbocycles. The predicted molar refractivity (Wildman–Crippen MR) is 116 cm³/mol. The highest BCUT2D eigenvalue weighted by molar-refractivity contribution is 5.92. The van der Waals surface area contributed by atoms with E-state index in [1.165, 1.54) is 6.20 Å². The molecular formula is C21H19N9O2. The van der Waals surface area contributed by atoms with E-state index < -0.39 is 0 Å². The second-order valence-electron chi connectivity index (χ2n) is 6.87. The van der Waals surface area contributed by atoms with Crippen molar-refractivity contribution in [1.82, 2.24) is 35.0 Å². The molecule has 4 rings (SSSR count). The number of ether oxygens (including phenoxy) is 1. The van der Waals surface area contributed by atoms with Gasteiger partial charge in [-0.25, -0.2) is 9.97 Å². The Kier molecular flexibility index (Phi) is 5.59. The maximum Gasteiger partial charge on any atom is 0.271 e. The number of carbonyl (C=O) groups excluding carboxylic acids is 1. The van der Waals surface area contributed by atoms with E-state index in [2.05, 4.69) is 35.8 Å². The first kappa shape index (κ1) is 20.7. The maximum absolute atomic E-state index is 11.9. The third-order valence-electron chi connectivity index (χ3n) is 4.53. The molecule has 0 aliphatic rings. The van der Waals surface area contributed by atoms with Crippen LogP contribution in [-0.2, 0) is 7.05 Å². The van der Waals surface area contributed by atoms with Crippen LogP contribution in [0, 0.1) is 18.3 Å². The number of amides is 1. The van der Waals surface area contributed by atoms with E-state index in [4.69, 9.17) is 10.00 Å². The number of aromatic nitrogens is 6. The van der Waals surface area contributed by atoms with E-state index in [-0.39, 0.29) is 11.6 Å². The van der Waals surface area contributed by atoms with Crippen molar-refractivity contribution < 1.29 is 9.53 Å². The summed E-state index contributed by atoms with van der Waals surface area (Å²) in [7, 11) is 1.82. The molecule has 0 atom stereocenters. The molecule has 0 fully saturated rings. The molecule has 1 amide bonds. The highest BCUT2D eigenvalue weighted by Crippen LogP contribution is 2.30. The molecule has 0 aromatic carbocycles. The van der Waals surface area contributed by atoms with Crippen LogP contribution < -0.4 is 15.4 Å². The third kappa shape index (κ3) is 4.15. The summed E-state index contributed by atoms with van der Waals surface area (Å²) < 4.78 is 7.71. The zero-order chi connectivity index (χ0) is 22.7. The van der Waals surface area contributed by atoms with Crippen molar-refractivity contribution in [3.05, 3.63) is 53.7 Å². The van der Waals surface area contributed by atoms with E-state index in [9.17, 15) is 4.79 Å². The van der Waals surface area contributed by atoms with Gasteiger partial charge in [-0.3, -0.25) is 4.79 Å². The summed E-state index contributed by atoms with van der Waals surface area (Å²) in [5, 5.41) is 22.9. The number of anilines is 2. The summed E-state index contributed by atoms with van der Waals surface area (Å²) in [5.74, 6) is 0.934. The Bertz CT molecular complexity index is 1340. The van der Waals surface area contributed by atoms with Crippen molar-refractivity contribution in [2.24, 2.45) is 7.05 Å². The topological polar surface area (TPSA) is 144 Å². The Hall–Kier alpha value is -4.59. The lowest BCUT2D eigenvalue weighted by Gasteiger charge is -2.11. The van der Waals surface area contributed by atoms with Crippen LogP contribution in [0.1, 0.15) is 28.7 Å². The number of pyridine rings is 2. The minimum absolute atomic E-state index is 0.225. The molecule has 0 spiro atoms. The molecule has 2 N–H and O–H groups in total. The Balaban J connectivity index is 1.66. The molecule has 4 aromatic heterocycles. The Labute approximate surface area is 183 Å². The zero-order valence-corrected chi connectivity index (χ0v) is 17.6. The fourth-order valence-corrected chi connectivity index (χ4v) is 2.95. The van der Waals surface area contributed by atoms with Crippen LogP contribution in [0.2, 0.25) is 0 Å². The van der Waals surface area contributed by atoms with Crippen molar-refractivity contribution in [3.63, 3.8) is 0 Å². The SMILES string of the molecule is CCNC(=O)c1ccc(Nc2cc(Oc3cnc(C#N)cc3C)nc3c2ncn3C)nn1. The number of rotatable bonds is 6. The first-order chi connectivity index (χ1) is 15.5. The third-order valence-corrected chi connectivity index (χ3v) is 4.53. The molecule has 0 saturated carbocycles. The van der Waals surface area contributed by atoms with E-state index in [1.807, 2.05) is 27.0 Å². The molecule has 11 nitrogen and oxygen atoms in total. The molecule has 0 bridgehead atoms. The van der Waals surface area contributed by atoms with Crippen molar-refractivity contribution in [2.45, 2.75) is 13.8 Å². The number of nitriles is 1. The van der Waals surface area contributed by atoms with Crippen LogP contribution in [0.5, 0.6) is 11.6 Å². The number of nitrogens with one attached hydrogen (secondary N) is 2. The molecule has 160 valence electrons. The second kappa shape index (κ2) is 8.65. The molecule has 32 heavy (non-hydrogen) atoms. The van der Waals surface area contributed by atoms with Gasteiger partial charge in [-0.15, -0.1) is 10.2 Å². The molecule has 0 unspecified atom stereocenters. The fourth-order valence-electron chi connectivity index (χ4n) is 2.95. The summed E-state index contributed by atoms with van der Waals surface area (Å²) in [5.41, 5.74) is 3.10. The number of carbonyl (C=O) groups is 1. The second-order valence-corrected chi connectivity index (χ2v) is 6.87. The van der Waals surface area contributed by atoms with Gasteiger partial charge in [0.25, 0.3) is 5.91 Å². The molecular weight excluding hydrogens is 410 g/mol. The van der Waals surface area contributed by atoms with Gasteiger partial charge in [0.2, 0.25) is 5.88 Å². The number of nitrogens with zero attached hydrogens (tertiary/aromatic N) is 7. The molecule has 4 heterocycles. The number of aryl methyl sites for hydroxylation is 2. The minimum Gasteiger partial charge on any atom is -0.437 e. The van der Waals surface area contributed by atoms with E-state index >= 15 is 0 Å². The van der Waals surface area contributed by atoms with Gasteiger partial charge in [0.1, 0.15) is 17.3 Å². The lowest BCUT2D eigenvalue weighted by molar-refractivity contribution is 0.0950. The lowest BCUT2D eigenvalue weighted by Crippen LogP contribution is -2.24. The summed E-state index contributed by atoms with van der Waals surface area (Å²) >= 11 is 0. The average Bonchev–Trinajstić information content (AvgIpc) is 3.17. The number of hydrogen-bond donors (Lipinski definition) is 2. The molecule has 0 radical (unpaired) electrons. The van der Waals surface area contributed by atoms with Crippen LogP contribution >= 0.6 is 0 Å². The summed E-state index contributed by atoms with van der Waals surface area (Å²) in [4.78, 5) is 24.9. The number of fused-ring (bicyclic) bond motifs is 1. The van der Waals surface area contributed by atoms with Crippen molar-refractivity contribution >= 4 is 28.6 Å². The predicted octanol–water partition coefficient (Wildman–Crippen LogP) is 2.62. The zero-order valence-electron chi connectivity index (χ0n) is 17.6. The van der Waals surface area contributed by atoms with Gasteiger partial charge >= 0.3 is 0 Å². The van der Waals surface area contributed by atoms with Gasteiger partial charge in [-0.2, -0.15) is 10.2 Å². The van der Waals surface area contributed by atoms with E-state index in [0.717, 1.165) is 5.56 Å². The molecule has 0 aliphatic heterocycles. The number of imidazole rings is 1. The van der Waals surface area contributed by atoms with Gasteiger partial charge in [-0.05, 0) is 37.6 Å². The first-order valence-corrected chi connectivity index (χ1v) is 9.74. The monoisotopic (exact) mass is 429 g/mol. The van der Waals surface area contributed by atoms with Crippen molar-refractivity contribution in [2.75, 3.05) is 11.9 Å². The van der Waals surface area contributed by atoms with Crippen molar-refractivity contribution in [1.29, 1.82) is 5.26 Å². The number of hydrogen-bond acceptors (Lipinski definition) is 9. The molecule has 4 aromatic rings. The summed E-state index contributed by atoms with van der Waals surface area (Å²) in [6.45, 7) is 4.16. The largest absolute Gasteiger partial charge is 0.437 e. The molecule has 11 heteroatoms. The normalized spacial score (nSPS) is 10.6. The Morgan fingerprint density at radius 2 is 2.09 bits per heavy atom. The Morgan fingerprint density at radius 3 is 2.78 bits per heavy atom. The highest BCUT2D eigenvalue weighted by atomic mass is 16.5. The highest BCUT2D eigenvalue weighted by Gasteiger charge is 2.14. The van der Waals surface area contributed by atoms with Crippen LogP contribution in [-0.4, -0.2) is 42.2 Å². The standard InChI is InChI=1S/C21H19N9O2/c1-4-23-21(31)14-5-6-17(29-28-14)26-15-8-18(27-20-19(15)25-11-30(20)3)32-16-10-24-13(9-22)7-12(16)2/h5-8,10-11H,4H2,1-3H3,(H,23,31)(H,26,27,29). The van der Waals surface area contributed by atoms with Gasteiger partial charge < -0.3 is 19.9 Å². The quantitative estimate of drug-likeness (QED) is 0.472. The van der Waals surface area contributed by atoms with E-state index in [0.29, 0.717) is 46.5 Å². The smallest absolute Gasteiger partial charge is 0.271 e. The minimum atomic E-state index is -0.287. The Morgan fingerprint density at radius 1 is 1.25 bits per heavy atom. The maximum atomic E-state index is 11.9. The van der Waals surface area contributed by atoms with Crippen LogP contribution in [0.3, 0.4) is 0 Å². The van der Waals surface area contributed by atoms with E-state index in [1.54, 1.807) is 35.2 Å². The summed E-state index contributed by atoms with van der Waals surface area (Å²) in [6.07, 6.45) is 3.13. The van der Waals surface area contributed by atoms with Crippen LogP contribution in [0.15, 0.2) is 36.8 Å². The average molecular weight is 429 g/mol. The van der Waals surface area contributed by atoms with Gasteiger partial charge in [-0.1, -0.05) is 0 Å². The van der Waals surface area contributed by atoms with Gasteiger partial charge in [0.05, 0.1) is 18.2 Å². The lowest BCUT2D eigenvalue weighted by atomic mass is 10.2. The first-order valence-electron chi connectivity index (χ1n) is 9.74. The van der Waals surface area contributed by atoms with Gasteiger partial charge in [0.15, 0.2) is 22.9 Å². The summed E-state index contributed by atoms with van der Waals surface area (Å²) in [6, 6.07) is 8.57.